The first-order valence-electron chi connectivity index (χ1n) is 5.47. The van der Waals surface area contributed by atoms with Crippen LogP contribution in [0.4, 0.5) is 0 Å². The van der Waals surface area contributed by atoms with Crippen LogP contribution in [0.2, 0.25) is 0 Å². The maximum Gasteiger partial charge on any atom is 0.319 e. The molecular weight excluding hydrogens is 196 g/mol. The lowest BCUT2D eigenvalue weighted by molar-refractivity contribution is -0.142. The molecule has 0 aliphatic heterocycles. The Bertz CT molecular complexity index is 159. The SMILES string of the molecule is CCCC(SC(C)CC)C(=O)OCC. The van der Waals surface area contributed by atoms with Crippen LogP contribution in [-0.2, 0) is 9.53 Å². The van der Waals surface area contributed by atoms with Gasteiger partial charge < -0.3 is 4.74 Å². The van der Waals surface area contributed by atoms with E-state index >= 15 is 0 Å². The van der Waals surface area contributed by atoms with Crippen LogP contribution in [-0.4, -0.2) is 23.1 Å². The standard InChI is InChI=1S/C11H22O2S/c1-5-8-10(11(12)13-7-3)14-9(4)6-2/h9-10H,5-8H2,1-4H3. The quantitative estimate of drug-likeness (QED) is 0.614. The summed E-state index contributed by atoms with van der Waals surface area (Å²) >= 11 is 1.74. The average Bonchev–Trinajstić information content (AvgIpc) is 2.17. The smallest absolute Gasteiger partial charge is 0.319 e. The van der Waals surface area contributed by atoms with Crippen LogP contribution < -0.4 is 0 Å². The van der Waals surface area contributed by atoms with Crippen molar-refractivity contribution in [1.29, 1.82) is 0 Å². The van der Waals surface area contributed by atoms with E-state index in [9.17, 15) is 4.79 Å². The highest BCUT2D eigenvalue weighted by atomic mass is 32.2. The zero-order valence-electron chi connectivity index (χ0n) is 9.71. The van der Waals surface area contributed by atoms with E-state index in [-0.39, 0.29) is 11.2 Å². The summed E-state index contributed by atoms with van der Waals surface area (Å²) in [6.07, 6.45) is 3.06. The Balaban J connectivity index is 4.06. The lowest BCUT2D eigenvalue weighted by Gasteiger charge is -2.17. The number of ether oxygens (including phenoxy) is 1. The van der Waals surface area contributed by atoms with Gasteiger partial charge in [0.25, 0.3) is 0 Å². The molecule has 0 aromatic heterocycles. The van der Waals surface area contributed by atoms with Crippen molar-refractivity contribution >= 4 is 17.7 Å². The van der Waals surface area contributed by atoms with Gasteiger partial charge in [-0.25, -0.2) is 0 Å². The third-order valence-electron chi connectivity index (χ3n) is 2.07. The van der Waals surface area contributed by atoms with Crippen molar-refractivity contribution in [3.63, 3.8) is 0 Å². The average molecular weight is 218 g/mol. The normalized spacial score (nSPS) is 14.9. The first-order chi connectivity index (χ1) is 6.65. The van der Waals surface area contributed by atoms with Gasteiger partial charge in [-0.3, -0.25) is 4.79 Å². The first-order valence-corrected chi connectivity index (χ1v) is 6.41. The molecule has 0 saturated carbocycles. The molecule has 0 aromatic rings. The van der Waals surface area contributed by atoms with Crippen molar-refractivity contribution in [3.05, 3.63) is 0 Å². The minimum Gasteiger partial charge on any atom is -0.465 e. The highest BCUT2D eigenvalue weighted by Crippen LogP contribution is 2.24. The van der Waals surface area contributed by atoms with E-state index in [2.05, 4.69) is 20.8 Å². The summed E-state index contributed by atoms with van der Waals surface area (Å²) in [6.45, 7) is 8.75. The van der Waals surface area contributed by atoms with Gasteiger partial charge in [-0.2, -0.15) is 0 Å². The summed E-state index contributed by atoms with van der Waals surface area (Å²) in [7, 11) is 0. The second-order valence-corrected chi connectivity index (χ2v) is 5.03. The minimum atomic E-state index is -0.0420. The maximum atomic E-state index is 11.5. The molecule has 2 atom stereocenters. The second-order valence-electron chi connectivity index (χ2n) is 3.38. The molecule has 0 radical (unpaired) electrons. The Morgan fingerprint density at radius 1 is 1.36 bits per heavy atom. The highest BCUT2D eigenvalue weighted by Gasteiger charge is 2.21. The zero-order chi connectivity index (χ0) is 11.0. The Labute approximate surface area is 91.8 Å². The molecule has 84 valence electrons. The monoisotopic (exact) mass is 218 g/mol. The zero-order valence-corrected chi connectivity index (χ0v) is 10.5. The summed E-state index contributed by atoms with van der Waals surface area (Å²) in [4.78, 5) is 11.5. The molecular formula is C11H22O2S. The van der Waals surface area contributed by atoms with Crippen molar-refractivity contribution in [3.8, 4) is 0 Å². The molecule has 3 heteroatoms. The van der Waals surface area contributed by atoms with Crippen molar-refractivity contribution < 1.29 is 9.53 Å². The predicted molar refractivity (Wildman–Crippen MR) is 62.7 cm³/mol. The van der Waals surface area contributed by atoms with Crippen LogP contribution in [0.5, 0.6) is 0 Å². The van der Waals surface area contributed by atoms with Gasteiger partial charge in [0, 0.05) is 5.25 Å². The lowest BCUT2D eigenvalue weighted by atomic mass is 10.2. The second kappa shape index (κ2) is 8.16. The number of carbonyl (C=O) groups is 1. The van der Waals surface area contributed by atoms with Gasteiger partial charge in [0.1, 0.15) is 5.25 Å². The van der Waals surface area contributed by atoms with Crippen molar-refractivity contribution in [1.82, 2.24) is 0 Å². The minimum absolute atomic E-state index is 0.0369. The van der Waals surface area contributed by atoms with Crippen LogP contribution in [0.25, 0.3) is 0 Å². The molecule has 2 nitrogen and oxygen atoms in total. The number of hydrogen-bond acceptors (Lipinski definition) is 3. The Hall–Kier alpha value is -0.180. The molecule has 14 heavy (non-hydrogen) atoms. The van der Waals surface area contributed by atoms with Crippen molar-refractivity contribution in [2.75, 3.05) is 6.61 Å². The first kappa shape index (κ1) is 13.8. The molecule has 0 N–H and O–H groups in total. The van der Waals surface area contributed by atoms with Gasteiger partial charge in [0.05, 0.1) is 6.61 Å². The Morgan fingerprint density at radius 2 is 2.00 bits per heavy atom. The van der Waals surface area contributed by atoms with Crippen LogP contribution in [0.1, 0.15) is 47.0 Å². The van der Waals surface area contributed by atoms with Crippen LogP contribution in [0, 0.1) is 0 Å². The fraction of sp³-hybridized carbons (Fsp3) is 0.909. The van der Waals surface area contributed by atoms with Gasteiger partial charge >= 0.3 is 5.97 Å². The molecule has 0 aliphatic rings. The van der Waals surface area contributed by atoms with Crippen molar-refractivity contribution in [2.24, 2.45) is 0 Å². The highest BCUT2D eigenvalue weighted by molar-refractivity contribution is 8.01. The van der Waals surface area contributed by atoms with Crippen molar-refractivity contribution in [2.45, 2.75) is 57.5 Å². The summed E-state index contributed by atoms with van der Waals surface area (Å²) in [5.41, 5.74) is 0. The summed E-state index contributed by atoms with van der Waals surface area (Å²) in [6, 6.07) is 0. The van der Waals surface area contributed by atoms with E-state index in [0.29, 0.717) is 11.9 Å². The molecule has 0 saturated heterocycles. The van der Waals surface area contributed by atoms with E-state index in [1.807, 2.05) is 6.92 Å². The van der Waals surface area contributed by atoms with E-state index in [1.165, 1.54) is 0 Å². The molecule has 0 amide bonds. The van der Waals surface area contributed by atoms with Gasteiger partial charge in [0.15, 0.2) is 0 Å². The molecule has 0 rings (SSSR count). The van der Waals surface area contributed by atoms with Crippen LogP contribution in [0.3, 0.4) is 0 Å². The third-order valence-corrected chi connectivity index (χ3v) is 3.63. The van der Waals surface area contributed by atoms with Gasteiger partial charge in [-0.05, 0) is 19.8 Å². The Kier molecular flexibility index (Phi) is 8.05. The fourth-order valence-electron chi connectivity index (χ4n) is 1.12. The lowest BCUT2D eigenvalue weighted by Crippen LogP contribution is -2.22. The number of esters is 1. The Morgan fingerprint density at radius 3 is 2.43 bits per heavy atom. The summed E-state index contributed by atoms with van der Waals surface area (Å²) < 4.78 is 5.04. The molecule has 0 heterocycles. The van der Waals surface area contributed by atoms with E-state index in [1.54, 1.807) is 11.8 Å². The number of hydrogen-bond donors (Lipinski definition) is 0. The molecule has 0 aromatic carbocycles. The van der Waals surface area contributed by atoms with Crippen LogP contribution >= 0.6 is 11.8 Å². The topological polar surface area (TPSA) is 26.3 Å². The number of rotatable bonds is 7. The maximum absolute atomic E-state index is 11.5. The van der Waals surface area contributed by atoms with Crippen LogP contribution in [0.15, 0.2) is 0 Å². The largest absolute Gasteiger partial charge is 0.465 e. The number of thioether (sulfide) groups is 1. The predicted octanol–water partition coefficient (Wildman–Crippen LogP) is 3.25. The fourth-order valence-corrected chi connectivity index (χ4v) is 2.42. The van der Waals surface area contributed by atoms with E-state index < -0.39 is 0 Å². The molecule has 0 bridgehead atoms. The molecule has 0 aliphatic carbocycles. The molecule has 2 unspecified atom stereocenters. The number of carbonyl (C=O) groups excluding carboxylic acids is 1. The van der Waals surface area contributed by atoms with Gasteiger partial charge in [0.2, 0.25) is 0 Å². The van der Waals surface area contributed by atoms with E-state index in [4.69, 9.17) is 4.74 Å². The molecule has 0 fully saturated rings. The summed E-state index contributed by atoms with van der Waals surface area (Å²) in [5, 5.41) is 0.575. The third kappa shape index (κ3) is 5.53. The van der Waals surface area contributed by atoms with E-state index in [0.717, 1.165) is 19.3 Å². The van der Waals surface area contributed by atoms with Gasteiger partial charge in [-0.15, -0.1) is 11.8 Å². The summed E-state index contributed by atoms with van der Waals surface area (Å²) in [5.74, 6) is -0.0420. The van der Waals surface area contributed by atoms with Gasteiger partial charge in [-0.1, -0.05) is 27.2 Å². The molecule has 0 spiro atoms.